The van der Waals surface area contributed by atoms with Gasteiger partial charge >= 0.3 is 11.6 Å². The number of carbonyl (C=O) groups excluding carboxylic acids is 1. The summed E-state index contributed by atoms with van der Waals surface area (Å²) in [5.74, 6) is 0.612. The van der Waals surface area contributed by atoms with Crippen molar-refractivity contribution in [2.24, 2.45) is 0 Å². The van der Waals surface area contributed by atoms with E-state index >= 15 is 0 Å². The molecule has 29 heavy (non-hydrogen) atoms. The topological polar surface area (TPSA) is 88.1 Å². The standard InChI is InChI=1S/C22H20O7/c1-12(10-14-11-13(2)22(24)28-14)6-8-27-21-19-16(7-9-26-19)18(25-3)15-4-5-17(23)29-20(15)21/h4-7,9,11,14H,8,10H2,1-3H3. The number of benzene rings is 1. The van der Waals surface area contributed by atoms with E-state index in [0.717, 1.165) is 11.0 Å². The van der Waals surface area contributed by atoms with Gasteiger partial charge in [-0.2, -0.15) is 0 Å². The van der Waals surface area contributed by atoms with E-state index in [9.17, 15) is 9.59 Å². The van der Waals surface area contributed by atoms with E-state index in [2.05, 4.69) is 0 Å². The van der Waals surface area contributed by atoms with Crippen LogP contribution in [0.5, 0.6) is 11.5 Å². The van der Waals surface area contributed by atoms with E-state index in [1.807, 2.05) is 19.1 Å². The number of rotatable bonds is 6. The Morgan fingerprint density at radius 1 is 1.14 bits per heavy atom. The lowest BCUT2D eigenvalue weighted by molar-refractivity contribution is -0.139. The molecule has 2 aromatic heterocycles. The Hall–Kier alpha value is -3.48. The molecule has 0 radical (unpaired) electrons. The minimum Gasteiger partial charge on any atom is -0.495 e. The lowest BCUT2D eigenvalue weighted by Crippen LogP contribution is -2.08. The number of furan rings is 1. The molecule has 0 saturated carbocycles. The molecule has 7 heteroatoms. The van der Waals surface area contributed by atoms with Gasteiger partial charge < -0.3 is 23.0 Å². The van der Waals surface area contributed by atoms with Crippen LogP contribution in [0.4, 0.5) is 0 Å². The summed E-state index contributed by atoms with van der Waals surface area (Å²) in [5, 5.41) is 1.35. The molecule has 3 heterocycles. The van der Waals surface area contributed by atoms with Crippen molar-refractivity contribution < 1.29 is 27.8 Å². The second-order valence-electron chi connectivity index (χ2n) is 6.88. The smallest absolute Gasteiger partial charge is 0.336 e. The van der Waals surface area contributed by atoms with Gasteiger partial charge in [0, 0.05) is 18.1 Å². The number of esters is 1. The van der Waals surface area contributed by atoms with E-state index in [0.29, 0.717) is 34.5 Å². The van der Waals surface area contributed by atoms with Crippen LogP contribution in [0.1, 0.15) is 20.3 Å². The third-order valence-electron chi connectivity index (χ3n) is 4.80. The van der Waals surface area contributed by atoms with Crippen LogP contribution in [0.15, 0.2) is 61.4 Å². The van der Waals surface area contributed by atoms with E-state index in [1.54, 1.807) is 26.2 Å². The average Bonchev–Trinajstić information content (AvgIpc) is 3.28. The maximum absolute atomic E-state index is 11.8. The van der Waals surface area contributed by atoms with Gasteiger partial charge in [-0.25, -0.2) is 9.59 Å². The molecule has 1 aliphatic rings. The monoisotopic (exact) mass is 396 g/mol. The molecule has 0 saturated heterocycles. The van der Waals surface area contributed by atoms with Gasteiger partial charge in [-0.1, -0.05) is 5.57 Å². The second-order valence-corrected chi connectivity index (χ2v) is 6.88. The molecule has 150 valence electrons. The molecule has 3 aromatic rings. The molecular formula is C22H20O7. The predicted molar refractivity (Wildman–Crippen MR) is 106 cm³/mol. The first kappa shape index (κ1) is 18.9. The maximum atomic E-state index is 11.8. The number of ether oxygens (including phenoxy) is 3. The summed E-state index contributed by atoms with van der Waals surface area (Å²) in [6.45, 7) is 3.90. The first-order valence-corrected chi connectivity index (χ1v) is 9.16. The van der Waals surface area contributed by atoms with Crippen LogP contribution in [0.3, 0.4) is 0 Å². The van der Waals surface area contributed by atoms with Gasteiger partial charge in [0.15, 0.2) is 11.2 Å². The normalized spacial score (nSPS) is 16.9. The van der Waals surface area contributed by atoms with Gasteiger partial charge in [0.2, 0.25) is 5.75 Å². The highest BCUT2D eigenvalue weighted by Gasteiger charge is 2.23. The van der Waals surface area contributed by atoms with Gasteiger partial charge in [-0.3, -0.25) is 0 Å². The molecule has 0 aliphatic carbocycles. The molecule has 1 aliphatic heterocycles. The molecule has 0 fully saturated rings. The predicted octanol–water partition coefficient (Wildman–Crippen LogP) is 4.13. The molecule has 1 aromatic carbocycles. The molecule has 0 spiro atoms. The SMILES string of the molecule is COc1c2ccoc2c(OCC=C(C)CC2C=C(C)C(=O)O2)c2oc(=O)ccc12. The zero-order valence-corrected chi connectivity index (χ0v) is 16.3. The third kappa shape index (κ3) is 3.51. The van der Waals surface area contributed by atoms with Crippen molar-refractivity contribution >= 4 is 27.9 Å². The average molecular weight is 396 g/mol. The summed E-state index contributed by atoms with van der Waals surface area (Å²) in [7, 11) is 1.55. The Morgan fingerprint density at radius 2 is 1.93 bits per heavy atom. The molecule has 0 N–H and O–H groups in total. The summed E-state index contributed by atoms with van der Waals surface area (Å²) in [5.41, 5.74) is 1.85. The van der Waals surface area contributed by atoms with Crippen molar-refractivity contribution in [3.63, 3.8) is 0 Å². The number of fused-ring (bicyclic) bond motifs is 2. The fraction of sp³-hybridized carbons (Fsp3) is 0.273. The van der Waals surface area contributed by atoms with Crippen LogP contribution in [-0.4, -0.2) is 25.8 Å². The highest BCUT2D eigenvalue weighted by molar-refractivity contribution is 6.06. The van der Waals surface area contributed by atoms with Crippen LogP contribution in [0.2, 0.25) is 0 Å². The van der Waals surface area contributed by atoms with Crippen molar-refractivity contribution in [3.05, 3.63) is 58.2 Å². The number of cyclic esters (lactones) is 1. The van der Waals surface area contributed by atoms with Crippen molar-refractivity contribution in [1.82, 2.24) is 0 Å². The van der Waals surface area contributed by atoms with Gasteiger partial charge in [-0.05, 0) is 38.1 Å². The molecule has 0 bridgehead atoms. The quantitative estimate of drug-likeness (QED) is 0.352. The highest BCUT2D eigenvalue weighted by atomic mass is 16.5. The Bertz CT molecular complexity index is 1210. The Balaban J connectivity index is 1.62. The van der Waals surface area contributed by atoms with Crippen molar-refractivity contribution in [2.45, 2.75) is 26.4 Å². The summed E-state index contributed by atoms with van der Waals surface area (Å²) in [6.07, 6.45) is 5.57. The van der Waals surface area contributed by atoms with E-state index in [1.165, 1.54) is 12.3 Å². The van der Waals surface area contributed by atoms with Crippen LogP contribution in [0.25, 0.3) is 21.9 Å². The largest absolute Gasteiger partial charge is 0.495 e. The fourth-order valence-corrected chi connectivity index (χ4v) is 3.41. The zero-order chi connectivity index (χ0) is 20.5. The van der Waals surface area contributed by atoms with Gasteiger partial charge in [0.1, 0.15) is 18.5 Å². The number of hydrogen-bond donors (Lipinski definition) is 0. The first-order valence-electron chi connectivity index (χ1n) is 9.16. The van der Waals surface area contributed by atoms with Crippen molar-refractivity contribution in [3.8, 4) is 11.5 Å². The van der Waals surface area contributed by atoms with Crippen molar-refractivity contribution in [2.75, 3.05) is 13.7 Å². The van der Waals surface area contributed by atoms with Gasteiger partial charge in [0.05, 0.1) is 24.1 Å². The molecular weight excluding hydrogens is 376 g/mol. The lowest BCUT2D eigenvalue weighted by Gasteiger charge is -2.12. The van der Waals surface area contributed by atoms with Crippen LogP contribution in [-0.2, 0) is 9.53 Å². The Kier molecular flexibility index (Phi) is 4.88. The highest BCUT2D eigenvalue weighted by Crippen LogP contribution is 2.42. The number of hydrogen-bond acceptors (Lipinski definition) is 7. The third-order valence-corrected chi connectivity index (χ3v) is 4.80. The Morgan fingerprint density at radius 3 is 2.66 bits per heavy atom. The molecule has 4 rings (SSSR count). The Labute approximate surface area is 166 Å². The molecule has 1 unspecified atom stereocenters. The van der Waals surface area contributed by atoms with Gasteiger partial charge in [-0.15, -0.1) is 0 Å². The van der Waals surface area contributed by atoms with E-state index in [-0.39, 0.29) is 24.3 Å². The lowest BCUT2D eigenvalue weighted by atomic mass is 10.1. The maximum Gasteiger partial charge on any atom is 0.336 e. The summed E-state index contributed by atoms with van der Waals surface area (Å²) < 4.78 is 27.7. The van der Waals surface area contributed by atoms with E-state index < -0.39 is 5.63 Å². The zero-order valence-electron chi connectivity index (χ0n) is 16.3. The second kappa shape index (κ2) is 7.50. The summed E-state index contributed by atoms with van der Waals surface area (Å²) in [6, 6.07) is 4.75. The summed E-state index contributed by atoms with van der Waals surface area (Å²) >= 11 is 0. The molecule has 0 amide bonds. The van der Waals surface area contributed by atoms with Crippen LogP contribution < -0.4 is 15.1 Å². The van der Waals surface area contributed by atoms with E-state index in [4.69, 9.17) is 23.0 Å². The summed E-state index contributed by atoms with van der Waals surface area (Å²) in [4.78, 5) is 23.3. The van der Waals surface area contributed by atoms with Crippen molar-refractivity contribution in [1.29, 1.82) is 0 Å². The fourth-order valence-electron chi connectivity index (χ4n) is 3.41. The number of methoxy groups -OCH3 is 1. The minimum atomic E-state index is -0.493. The molecule has 1 atom stereocenters. The van der Waals surface area contributed by atoms with Gasteiger partial charge in [0.25, 0.3) is 0 Å². The minimum absolute atomic E-state index is 0.227. The van der Waals surface area contributed by atoms with Crippen LogP contribution in [0, 0.1) is 0 Å². The number of carbonyl (C=O) groups is 1. The van der Waals surface area contributed by atoms with Crippen LogP contribution >= 0.6 is 0 Å². The molecule has 7 nitrogen and oxygen atoms in total. The first-order chi connectivity index (χ1) is 14.0.